The Morgan fingerprint density at radius 3 is 1.58 bits per heavy atom. The van der Waals surface area contributed by atoms with Gasteiger partial charge in [0.2, 0.25) is 0 Å². The van der Waals surface area contributed by atoms with E-state index in [1.165, 1.54) is 14.7 Å². The molecule has 0 saturated heterocycles. The number of carbonyl (C=O) groups is 2. The Morgan fingerprint density at radius 2 is 1.23 bits per heavy atom. The summed E-state index contributed by atoms with van der Waals surface area (Å²) in [5, 5.41) is -5.89. The van der Waals surface area contributed by atoms with E-state index in [0.29, 0.717) is 19.3 Å². The van der Waals surface area contributed by atoms with Crippen molar-refractivity contribution in [3.05, 3.63) is 91.0 Å². The number of hydrogen-bond acceptors (Lipinski definition) is 7. The van der Waals surface area contributed by atoms with Crippen LogP contribution < -0.4 is 0 Å². The van der Waals surface area contributed by atoms with Gasteiger partial charge >= 0.3 is 23.4 Å². The summed E-state index contributed by atoms with van der Waals surface area (Å²) in [6, 6.07) is 32.2. The molecule has 4 aliphatic carbocycles. The van der Waals surface area contributed by atoms with Gasteiger partial charge in [0.05, 0.1) is 21.7 Å². The third-order valence-corrected chi connectivity index (χ3v) is 14.2. The molecule has 0 N–H and O–H groups in total. The Kier molecular flexibility index (Phi) is 11.5. The number of ether oxygens (including phenoxy) is 2. The molecule has 7 rings (SSSR count). The minimum Gasteiger partial charge on any atom is -0.743 e. The summed E-state index contributed by atoms with van der Waals surface area (Å²) in [5.74, 6) is -3.02. The molecule has 4 fully saturated rings. The summed E-state index contributed by atoms with van der Waals surface area (Å²) in [7, 11) is -6.79. The van der Waals surface area contributed by atoms with Crippen LogP contribution in [0.1, 0.15) is 66.2 Å². The van der Waals surface area contributed by atoms with Crippen LogP contribution in [0.25, 0.3) is 0 Å². The van der Waals surface area contributed by atoms with Gasteiger partial charge in [-0.3, -0.25) is 9.59 Å². The lowest BCUT2D eigenvalue weighted by Crippen LogP contribution is -2.64. The molecule has 4 bridgehead atoms. The molecule has 0 spiro atoms. The summed E-state index contributed by atoms with van der Waals surface area (Å²) in [4.78, 5) is 29.7. The SMILES string of the molecule is CCC(C)(C)C(=O)OC1(C)C2CC3CC1CC(C(=O)OC(C(F)(F)F)C(F)(F)S(=O)(=O)[O-])(C3)C2.c1ccc([S+](c2ccccc2)c2ccccc2)cc1. The van der Waals surface area contributed by atoms with Crippen LogP contribution in [0.3, 0.4) is 0 Å². The molecule has 0 amide bonds. The molecule has 7 nitrogen and oxygen atoms in total. The molecule has 3 atom stereocenters. The average Bonchev–Trinajstić information content (AvgIpc) is 3.10. The van der Waals surface area contributed by atoms with Crippen molar-refractivity contribution in [1.82, 2.24) is 0 Å². The van der Waals surface area contributed by atoms with E-state index in [4.69, 9.17) is 4.74 Å². The first-order valence-electron chi connectivity index (χ1n) is 17.4. The van der Waals surface area contributed by atoms with Crippen LogP contribution in [0.15, 0.2) is 106 Å². The monoisotopic (exact) mass is 782 g/mol. The van der Waals surface area contributed by atoms with Gasteiger partial charge in [0.25, 0.3) is 6.10 Å². The zero-order valence-electron chi connectivity index (χ0n) is 29.8. The molecule has 4 saturated carbocycles. The molecular formula is C39H43F5O7S2. The molecule has 288 valence electrons. The number of esters is 2. The van der Waals surface area contributed by atoms with Crippen LogP contribution in [0.2, 0.25) is 0 Å². The minimum absolute atomic E-state index is 0.0146. The third-order valence-electron chi connectivity index (χ3n) is 11.1. The summed E-state index contributed by atoms with van der Waals surface area (Å²) >= 11 is 0. The summed E-state index contributed by atoms with van der Waals surface area (Å²) in [6.07, 6.45) is -8.86. The first kappa shape index (κ1) is 40.7. The molecule has 3 unspecified atom stereocenters. The summed E-state index contributed by atoms with van der Waals surface area (Å²) in [6.45, 7) is 6.98. The lowest BCUT2D eigenvalue weighted by Gasteiger charge is -2.62. The van der Waals surface area contributed by atoms with Crippen LogP contribution in [0.4, 0.5) is 22.0 Å². The van der Waals surface area contributed by atoms with Crippen molar-refractivity contribution in [1.29, 1.82) is 0 Å². The topological polar surface area (TPSA) is 110 Å². The summed E-state index contributed by atoms with van der Waals surface area (Å²) < 4.78 is 110. The molecular weight excluding hydrogens is 740 g/mol. The second kappa shape index (κ2) is 15.0. The molecule has 3 aromatic carbocycles. The second-order valence-corrected chi connectivity index (χ2v) is 18.5. The predicted octanol–water partition coefficient (Wildman–Crippen LogP) is 8.94. The molecule has 0 aromatic heterocycles. The van der Waals surface area contributed by atoms with Crippen molar-refractivity contribution in [2.45, 2.75) is 104 Å². The number of rotatable bonds is 10. The van der Waals surface area contributed by atoms with Crippen molar-refractivity contribution in [2.75, 3.05) is 0 Å². The van der Waals surface area contributed by atoms with Gasteiger partial charge in [0.15, 0.2) is 24.8 Å². The molecule has 4 aliphatic rings. The fraction of sp³-hybridized carbons (Fsp3) is 0.487. The van der Waals surface area contributed by atoms with Crippen LogP contribution in [0.5, 0.6) is 0 Å². The highest BCUT2D eigenvalue weighted by Crippen LogP contribution is 2.65. The average molecular weight is 783 g/mol. The number of halogens is 5. The zero-order chi connectivity index (χ0) is 39.0. The van der Waals surface area contributed by atoms with E-state index < -0.39 is 67.9 Å². The van der Waals surface area contributed by atoms with E-state index in [1.54, 1.807) is 20.8 Å². The zero-order valence-corrected chi connectivity index (χ0v) is 31.4. The largest absolute Gasteiger partial charge is 0.743 e. The van der Waals surface area contributed by atoms with Gasteiger partial charge in [-0.2, -0.15) is 22.0 Å². The van der Waals surface area contributed by atoms with Crippen molar-refractivity contribution < 1.29 is 54.0 Å². The Hall–Kier alpha value is -3.49. The molecule has 0 radical (unpaired) electrons. The number of carbonyl (C=O) groups excluding carboxylic acids is 2. The van der Waals surface area contributed by atoms with E-state index in [1.807, 2.05) is 6.92 Å². The molecule has 0 aliphatic heterocycles. The minimum atomic E-state index is -6.77. The van der Waals surface area contributed by atoms with Gasteiger partial charge < -0.3 is 14.0 Å². The molecule has 14 heteroatoms. The molecule has 3 aromatic rings. The lowest BCUT2D eigenvalue weighted by molar-refractivity contribution is -0.271. The van der Waals surface area contributed by atoms with Gasteiger partial charge in [0, 0.05) is 11.8 Å². The van der Waals surface area contributed by atoms with Crippen LogP contribution in [-0.2, 0) is 40.1 Å². The fourth-order valence-electron chi connectivity index (χ4n) is 7.85. The smallest absolute Gasteiger partial charge is 0.432 e. The fourth-order valence-corrected chi connectivity index (χ4v) is 10.4. The van der Waals surface area contributed by atoms with E-state index in [0.717, 1.165) is 0 Å². The quantitative estimate of drug-likeness (QED) is 0.0875. The van der Waals surface area contributed by atoms with Crippen molar-refractivity contribution in [3.63, 3.8) is 0 Å². The second-order valence-electron chi connectivity index (χ2n) is 15.0. The third kappa shape index (κ3) is 8.29. The first-order valence-corrected chi connectivity index (χ1v) is 20.0. The van der Waals surface area contributed by atoms with Crippen LogP contribution >= 0.6 is 0 Å². The van der Waals surface area contributed by atoms with Crippen LogP contribution in [-0.4, -0.2) is 48.0 Å². The predicted molar refractivity (Wildman–Crippen MR) is 187 cm³/mol. The highest BCUT2D eigenvalue weighted by Gasteiger charge is 2.68. The Morgan fingerprint density at radius 1 is 0.811 bits per heavy atom. The van der Waals surface area contributed by atoms with E-state index in [9.17, 15) is 44.5 Å². The normalized spacial score (nSPS) is 26.0. The van der Waals surface area contributed by atoms with Gasteiger partial charge in [-0.25, -0.2) is 8.42 Å². The molecule has 53 heavy (non-hydrogen) atoms. The summed E-state index contributed by atoms with van der Waals surface area (Å²) in [5.41, 5.74) is -3.32. The van der Waals surface area contributed by atoms with Crippen molar-refractivity contribution in [2.24, 2.45) is 28.6 Å². The maximum atomic E-state index is 13.9. The van der Waals surface area contributed by atoms with Gasteiger partial charge in [-0.15, -0.1) is 0 Å². The van der Waals surface area contributed by atoms with E-state index in [-0.39, 0.29) is 36.1 Å². The van der Waals surface area contributed by atoms with Crippen molar-refractivity contribution >= 4 is 33.0 Å². The maximum absolute atomic E-state index is 13.9. The first-order chi connectivity index (χ1) is 24.6. The Balaban J connectivity index is 0.000000239. The van der Waals surface area contributed by atoms with Gasteiger partial charge in [-0.1, -0.05) is 61.5 Å². The highest BCUT2D eigenvalue weighted by molar-refractivity contribution is 7.97. The van der Waals surface area contributed by atoms with Crippen LogP contribution in [0, 0.1) is 28.6 Å². The van der Waals surface area contributed by atoms with E-state index in [2.05, 4.69) is 95.7 Å². The highest BCUT2D eigenvalue weighted by atomic mass is 32.2. The van der Waals surface area contributed by atoms with Gasteiger partial charge in [-0.05, 0) is 102 Å². The molecule has 0 heterocycles. The number of benzene rings is 3. The van der Waals surface area contributed by atoms with E-state index >= 15 is 0 Å². The number of alkyl halides is 5. The Bertz CT molecular complexity index is 1740. The Labute approximate surface area is 309 Å². The van der Waals surface area contributed by atoms with Crippen molar-refractivity contribution in [3.8, 4) is 0 Å². The maximum Gasteiger partial charge on any atom is 0.432 e. The number of hydrogen-bond donors (Lipinski definition) is 0. The van der Waals surface area contributed by atoms with Gasteiger partial charge in [0.1, 0.15) is 5.60 Å². The lowest BCUT2D eigenvalue weighted by atomic mass is 9.45. The standard InChI is InChI=1S/C21H29F5O7S.C18H15S/c1-5-17(2,3)15(27)33-18(4)12-6-11-7-13(18)10-19(8-11,9-12)16(28)32-14(20(22,23)24)21(25,26)34(29,30)31;1-4-10-16(11-5-1)19(17-12-6-2-7-13-17)18-14-8-3-9-15-18/h11-14H,5-10H2,1-4H3,(H,29,30,31);1-15H/q;+1/p-1.